The van der Waals surface area contributed by atoms with Gasteiger partial charge in [-0.15, -0.1) is 0 Å². The zero-order valence-corrected chi connectivity index (χ0v) is 12.6. The molecule has 3 N–H and O–H groups in total. The summed E-state index contributed by atoms with van der Waals surface area (Å²) in [6.07, 6.45) is 3.72. The molecule has 0 rings (SSSR count). The lowest BCUT2D eigenvalue weighted by atomic mass is 10.0. The number of hydrogen-bond acceptors (Lipinski definition) is 4. The molecule has 0 radical (unpaired) electrons. The number of nitrogens with one attached hydrogen (secondary N) is 1. The van der Waals surface area contributed by atoms with Gasteiger partial charge < -0.3 is 20.5 Å². The maximum absolute atomic E-state index is 11.8. The molecule has 0 aromatic carbocycles. The maximum Gasteiger partial charge on any atom is 0.222 e. The summed E-state index contributed by atoms with van der Waals surface area (Å²) in [6, 6.07) is 0.222. The fourth-order valence-electron chi connectivity index (χ4n) is 1.68. The Bertz CT molecular complexity index is 223. The van der Waals surface area contributed by atoms with E-state index in [0.717, 1.165) is 25.7 Å². The second kappa shape index (κ2) is 12.4. The molecule has 2 unspecified atom stereocenters. The second-order valence-electron chi connectivity index (χ2n) is 5.06. The molecule has 0 aliphatic heterocycles. The molecule has 0 spiro atoms. The molecule has 2 atom stereocenters. The molecule has 114 valence electrons. The van der Waals surface area contributed by atoms with Crippen molar-refractivity contribution < 1.29 is 14.3 Å². The molecule has 0 aromatic rings. The summed E-state index contributed by atoms with van der Waals surface area (Å²) in [5, 5.41) is 2.93. The highest BCUT2D eigenvalue weighted by Crippen LogP contribution is 2.08. The zero-order valence-electron chi connectivity index (χ0n) is 12.6. The Morgan fingerprint density at radius 2 is 1.89 bits per heavy atom. The number of methoxy groups -OCH3 is 1. The van der Waals surface area contributed by atoms with Crippen LogP contribution in [-0.4, -0.2) is 45.4 Å². The van der Waals surface area contributed by atoms with E-state index in [4.69, 9.17) is 15.2 Å². The van der Waals surface area contributed by atoms with Crippen LogP contribution in [0.1, 0.15) is 39.5 Å². The van der Waals surface area contributed by atoms with Crippen LogP contribution >= 0.6 is 0 Å². The molecular weight excluding hydrogens is 244 g/mol. The van der Waals surface area contributed by atoms with Crippen LogP contribution in [0.5, 0.6) is 0 Å². The van der Waals surface area contributed by atoms with Gasteiger partial charge in [0.05, 0.1) is 13.2 Å². The van der Waals surface area contributed by atoms with Crippen molar-refractivity contribution in [3.8, 4) is 0 Å². The third kappa shape index (κ3) is 12.1. The first-order chi connectivity index (χ1) is 9.07. The van der Waals surface area contributed by atoms with Crippen LogP contribution in [0, 0.1) is 5.92 Å². The highest BCUT2D eigenvalue weighted by Gasteiger charge is 2.11. The first kappa shape index (κ1) is 18.4. The van der Waals surface area contributed by atoms with Crippen molar-refractivity contribution in [1.29, 1.82) is 0 Å². The van der Waals surface area contributed by atoms with Gasteiger partial charge in [0.2, 0.25) is 5.91 Å². The Kier molecular flexibility index (Phi) is 12.0. The first-order valence-corrected chi connectivity index (χ1v) is 7.18. The molecule has 0 aromatic heterocycles. The SMILES string of the molecule is COCCOCCCNC(=O)C(C)CCCC(C)N. The smallest absolute Gasteiger partial charge is 0.222 e. The summed E-state index contributed by atoms with van der Waals surface area (Å²) in [5.74, 6) is 0.190. The van der Waals surface area contributed by atoms with Crippen molar-refractivity contribution in [1.82, 2.24) is 5.32 Å². The van der Waals surface area contributed by atoms with Crippen LogP contribution in [-0.2, 0) is 14.3 Å². The minimum Gasteiger partial charge on any atom is -0.382 e. The topological polar surface area (TPSA) is 73.6 Å². The Balaban J connectivity index is 3.41. The van der Waals surface area contributed by atoms with E-state index in [1.165, 1.54) is 0 Å². The number of nitrogens with two attached hydrogens (primary N) is 1. The van der Waals surface area contributed by atoms with Crippen molar-refractivity contribution in [3.05, 3.63) is 0 Å². The van der Waals surface area contributed by atoms with E-state index >= 15 is 0 Å². The van der Waals surface area contributed by atoms with Gasteiger partial charge in [0, 0.05) is 32.2 Å². The predicted molar refractivity (Wildman–Crippen MR) is 77.0 cm³/mol. The molecule has 0 fully saturated rings. The predicted octanol–water partition coefficient (Wildman–Crippen LogP) is 1.31. The number of rotatable bonds is 12. The Labute approximate surface area is 117 Å². The van der Waals surface area contributed by atoms with Crippen LogP contribution in [0.3, 0.4) is 0 Å². The van der Waals surface area contributed by atoms with E-state index in [1.54, 1.807) is 7.11 Å². The lowest BCUT2D eigenvalue weighted by Crippen LogP contribution is -2.30. The molecule has 0 saturated carbocycles. The van der Waals surface area contributed by atoms with Crippen molar-refractivity contribution >= 4 is 5.91 Å². The van der Waals surface area contributed by atoms with E-state index in [9.17, 15) is 4.79 Å². The lowest BCUT2D eigenvalue weighted by Gasteiger charge is -2.13. The highest BCUT2D eigenvalue weighted by atomic mass is 16.5. The largest absolute Gasteiger partial charge is 0.382 e. The van der Waals surface area contributed by atoms with Crippen LogP contribution < -0.4 is 11.1 Å². The quantitative estimate of drug-likeness (QED) is 0.526. The van der Waals surface area contributed by atoms with Crippen LogP contribution in [0.2, 0.25) is 0 Å². The average molecular weight is 274 g/mol. The van der Waals surface area contributed by atoms with Gasteiger partial charge in [-0.25, -0.2) is 0 Å². The molecule has 1 amide bonds. The minimum absolute atomic E-state index is 0.0631. The summed E-state index contributed by atoms with van der Waals surface area (Å²) in [7, 11) is 1.65. The number of carbonyl (C=O) groups excluding carboxylic acids is 1. The van der Waals surface area contributed by atoms with Gasteiger partial charge in [0.1, 0.15) is 0 Å². The number of amides is 1. The number of hydrogen-bond donors (Lipinski definition) is 2. The van der Waals surface area contributed by atoms with Gasteiger partial charge in [-0.05, 0) is 26.2 Å². The third-order valence-electron chi connectivity index (χ3n) is 2.94. The summed E-state index contributed by atoms with van der Waals surface area (Å²) in [6.45, 7) is 6.51. The van der Waals surface area contributed by atoms with Gasteiger partial charge >= 0.3 is 0 Å². The molecule has 5 heteroatoms. The molecule has 0 aliphatic rings. The van der Waals surface area contributed by atoms with Gasteiger partial charge in [0.15, 0.2) is 0 Å². The summed E-state index contributed by atoms with van der Waals surface area (Å²) < 4.78 is 10.2. The van der Waals surface area contributed by atoms with E-state index in [2.05, 4.69) is 5.32 Å². The second-order valence-corrected chi connectivity index (χ2v) is 5.06. The van der Waals surface area contributed by atoms with E-state index < -0.39 is 0 Å². The standard InChI is InChI=1S/C14H30N2O3/c1-12(6-4-7-13(2)15)14(17)16-8-5-9-19-11-10-18-3/h12-13H,4-11,15H2,1-3H3,(H,16,17). The lowest BCUT2D eigenvalue weighted by molar-refractivity contribution is -0.124. The van der Waals surface area contributed by atoms with Crippen molar-refractivity contribution in [2.45, 2.75) is 45.6 Å². The van der Waals surface area contributed by atoms with E-state index in [-0.39, 0.29) is 17.9 Å². The van der Waals surface area contributed by atoms with Gasteiger partial charge in [0.25, 0.3) is 0 Å². The monoisotopic (exact) mass is 274 g/mol. The van der Waals surface area contributed by atoms with Crippen LogP contribution in [0.4, 0.5) is 0 Å². The molecule has 0 bridgehead atoms. The first-order valence-electron chi connectivity index (χ1n) is 7.18. The normalized spacial score (nSPS) is 14.1. The average Bonchev–Trinajstić information content (AvgIpc) is 2.36. The molecular formula is C14H30N2O3. The molecule has 0 saturated heterocycles. The summed E-state index contributed by atoms with van der Waals surface area (Å²) in [4.78, 5) is 11.8. The Hall–Kier alpha value is -0.650. The van der Waals surface area contributed by atoms with Crippen LogP contribution in [0.15, 0.2) is 0 Å². The Morgan fingerprint density at radius 3 is 2.53 bits per heavy atom. The Morgan fingerprint density at radius 1 is 1.16 bits per heavy atom. The van der Waals surface area contributed by atoms with Gasteiger partial charge in [-0.1, -0.05) is 13.3 Å². The van der Waals surface area contributed by atoms with E-state index in [0.29, 0.717) is 26.4 Å². The maximum atomic E-state index is 11.8. The highest BCUT2D eigenvalue weighted by molar-refractivity contribution is 5.78. The minimum atomic E-state index is 0.0631. The summed E-state index contributed by atoms with van der Waals surface area (Å²) in [5.41, 5.74) is 5.68. The van der Waals surface area contributed by atoms with Crippen LogP contribution in [0.25, 0.3) is 0 Å². The molecule has 19 heavy (non-hydrogen) atoms. The van der Waals surface area contributed by atoms with Gasteiger partial charge in [-0.3, -0.25) is 4.79 Å². The van der Waals surface area contributed by atoms with Crippen molar-refractivity contribution in [2.24, 2.45) is 11.7 Å². The van der Waals surface area contributed by atoms with Gasteiger partial charge in [-0.2, -0.15) is 0 Å². The van der Waals surface area contributed by atoms with E-state index in [1.807, 2.05) is 13.8 Å². The summed E-state index contributed by atoms with van der Waals surface area (Å²) >= 11 is 0. The number of carbonyl (C=O) groups is 1. The fraction of sp³-hybridized carbons (Fsp3) is 0.929. The van der Waals surface area contributed by atoms with Crippen molar-refractivity contribution in [2.75, 3.05) is 33.5 Å². The zero-order chi connectivity index (χ0) is 14.5. The third-order valence-corrected chi connectivity index (χ3v) is 2.94. The molecule has 5 nitrogen and oxygen atoms in total. The van der Waals surface area contributed by atoms with Crippen molar-refractivity contribution in [3.63, 3.8) is 0 Å². The fourth-order valence-corrected chi connectivity index (χ4v) is 1.68. The molecule has 0 heterocycles. The number of ether oxygens (including phenoxy) is 2. The molecule has 0 aliphatic carbocycles.